The van der Waals surface area contributed by atoms with Gasteiger partial charge in [-0.1, -0.05) is 13.8 Å². The number of amidine groups is 1. The number of carbonyl (C=O) groups excluding carboxylic acids is 1. The number of ether oxygens (including phenoxy) is 1. The molecule has 13 heavy (non-hydrogen) atoms. The Morgan fingerprint density at radius 2 is 2.31 bits per heavy atom. The highest BCUT2D eigenvalue weighted by atomic mass is 32.2. The summed E-state index contributed by atoms with van der Waals surface area (Å²) in [6, 6.07) is -0.142. The average Bonchev–Trinajstić information content (AvgIpc) is 2.23. The summed E-state index contributed by atoms with van der Waals surface area (Å²) in [6.45, 7) is 5.83. The van der Waals surface area contributed by atoms with E-state index in [1.54, 1.807) is 18.7 Å². The lowest BCUT2D eigenvalue weighted by atomic mass is 10.1. The maximum Gasteiger partial charge on any atom is 0.289 e. The number of hydrogen-bond donors (Lipinski definition) is 2. The molecule has 0 aromatic rings. The summed E-state index contributed by atoms with van der Waals surface area (Å²) < 4.78 is 5.11. The first-order chi connectivity index (χ1) is 5.94. The van der Waals surface area contributed by atoms with Crippen molar-refractivity contribution in [2.45, 2.75) is 31.6 Å². The monoisotopic (exact) mass is 202 g/mol. The summed E-state index contributed by atoms with van der Waals surface area (Å²) in [5.41, 5.74) is -0.855. The fraction of sp³-hybridized carbons (Fsp3) is 0.750. The fourth-order valence-electron chi connectivity index (χ4n) is 0.953. The van der Waals surface area contributed by atoms with Gasteiger partial charge >= 0.3 is 0 Å². The van der Waals surface area contributed by atoms with Gasteiger partial charge in [-0.05, 0) is 12.2 Å². The van der Waals surface area contributed by atoms with Crippen LogP contribution >= 0.6 is 11.8 Å². The third kappa shape index (κ3) is 2.37. The molecule has 1 amide bonds. The van der Waals surface area contributed by atoms with Crippen LogP contribution in [0.4, 0.5) is 0 Å². The molecule has 1 saturated heterocycles. The van der Waals surface area contributed by atoms with Crippen molar-refractivity contribution in [3.05, 3.63) is 0 Å². The molecule has 1 atom stereocenters. The third-order valence-corrected chi connectivity index (χ3v) is 3.11. The van der Waals surface area contributed by atoms with Crippen molar-refractivity contribution in [1.82, 2.24) is 5.32 Å². The predicted molar refractivity (Wildman–Crippen MR) is 53.0 cm³/mol. The lowest BCUT2D eigenvalue weighted by Crippen LogP contribution is -2.38. The van der Waals surface area contributed by atoms with E-state index in [0.717, 1.165) is 0 Å². The quantitative estimate of drug-likeness (QED) is 0.716. The summed E-state index contributed by atoms with van der Waals surface area (Å²) in [6.07, 6.45) is 0. The van der Waals surface area contributed by atoms with Crippen LogP contribution in [-0.2, 0) is 9.53 Å². The summed E-state index contributed by atoms with van der Waals surface area (Å²) in [4.78, 5) is 11.3. The van der Waals surface area contributed by atoms with E-state index < -0.39 is 5.60 Å². The van der Waals surface area contributed by atoms with Gasteiger partial charge < -0.3 is 4.74 Å². The van der Waals surface area contributed by atoms with Gasteiger partial charge in [0.05, 0.1) is 0 Å². The Bertz CT molecular complexity index is 242. The zero-order chi connectivity index (χ0) is 10.1. The van der Waals surface area contributed by atoms with Crippen molar-refractivity contribution in [2.24, 2.45) is 0 Å². The van der Waals surface area contributed by atoms with Crippen molar-refractivity contribution >= 4 is 23.7 Å². The molecule has 2 N–H and O–H groups in total. The Hall–Kier alpha value is -0.710. The van der Waals surface area contributed by atoms with Crippen LogP contribution in [0.2, 0.25) is 0 Å². The van der Waals surface area contributed by atoms with E-state index in [1.807, 2.05) is 0 Å². The van der Waals surface area contributed by atoms with E-state index in [-0.39, 0.29) is 11.9 Å². The molecule has 5 heteroatoms. The number of rotatable bonds is 3. The van der Waals surface area contributed by atoms with Crippen molar-refractivity contribution < 1.29 is 9.53 Å². The molecule has 4 nitrogen and oxygen atoms in total. The zero-order valence-electron chi connectivity index (χ0n) is 8.01. The van der Waals surface area contributed by atoms with Crippen molar-refractivity contribution in [3.63, 3.8) is 0 Å². The van der Waals surface area contributed by atoms with Gasteiger partial charge in [-0.25, -0.2) is 0 Å². The molecule has 0 saturated carbocycles. The first kappa shape index (κ1) is 10.4. The Balaban J connectivity index is 2.55. The van der Waals surface area contributed by atoms with E-state index >= 15 is 0 Å². The van der Waals surface area contributed by atoms with Crippen molar-refractivity contribution in [2.75, 3.05) is 5.75 Å². The summed E-state index contributed by atoms with van der Waals surface area (Å²) >= 11 is 1.65. The molecule has 1 rings (SSSR count). The van der Waals surface area contributed by atoms with E-state index in [2.05, 4.69) is 19.2 Å². The Labute approximate surface area is 81.9 Å². The topological polar surface area (TPSA) is 62.2 Å². The van der Waals surface area contributed by atoms with Gasteiger partial charge in [-0.15, -0.1) is 0 Å². The van der Waals surface area contributed by atoms with Gasteiger partial charge in [0.15, 0.2) is 5.60 Å². The first-order valence-electron chi connectivity index (χ1n) is 4.15. The molecule has 0 spiro atoms. The smallest absolute Gasteiger partial charge is 0.289 e. The van der Waals surface area contributed by atoms with Gasteiger partial charge in [0.2, 0.25) is 0 Å². The van der Waals surface area contributed by atoms with Gasteiger partial charge in [0.1, 0.15) is 0 Å². The van der Waals surface area contributed by atoms with Crippen LogP contribution < -0.4 is 5.32 Å². The van der Waals surface area contributed by atoms with Crippen LogP contribution in [0.15, 0.2) is 0 Å². The van der Waals surface area contributed by atoms with E-state index in [1.165, 1.54) is 0 Å². The second-order valence-corrected chi connectivity index (χ2v) is 5.04. The second-order valence-electron chi connectivity index (χ2n) is 3.48. The fourth-order valence-corrected chi connectivity index (χ4v) is 1.79. The maximum absolute atomic E-state index is 11.3. The lowest BCUT2D eigenvalue weighted by molar-refractivity contribution is -0.128. The second kappa shape index (κ2) is 3.57. The van der Waals surface area contributed by atoms with Gasteiger partial charge in [-0.3, -0.25) is 15.5 Å². The Morgan fingerprint density at radius 1 is 1.69 bits per heavy atom. The van der Waals surface area contributed by atoms with Crippen LogP contribution in [0, 0.1) is 5.41 Å². The van der Waals surface area contributed by atoms with Crippen LogP contribution in [0.5, 0.6) is 0 Å². The molecule has 0 bridgehead atoms. The summed E-state index contributed by atoms with van der Waals surface area (Å²) in [5, 5.41) is 9.96. The molecule has 1 aliphatic rings. The SMILES string of the molecule is CC(C)SCC1(C)OC(=N)NC1=O. The van der Waals surface area contributed by atoms with Gasteiger partial charge in [-0.2, -0.15) is 11.8 Å². The number of nitrogens with one attached hydrogen (secondary N) is 2. The molecule has 0 aromatic carbocycles. The molecule has 1 unspecified atom stereocenters. The Morgan fingerprint density at radius 3 is 2.69 bits per heavy atom. The van der Waals surface area contributed by atoms with Crippen LogP contribution in [0.3, 0.4) is 0 Å². The minimum Gasteiger partial charge on any atom is -0.448 e. The lowest BCUT2D eigenvalue weighted by Gasteiger charge is -2.19. The third-order valence-electron chi connectivity index (χ3n) is 1.73. The standard InChI is InChI=1S/C8H14N2O2S/c1-5(2)13-4-8(3)6(11)10-7(9)12-8/h5H,4H2,1-3H3,(H2,9,10,11). The first-order valence-corrected chi connectivity index (χ1v) is 5.19. The molecule has 0 aromatic heterocycles. The largest absolute Gasteiger partial charge is 0.448 e. The molecule has 1 fully saturated rings. The highest BCUT2D eigenvalue weighted by Crippen LogP contribution is 2.24. The molecule has 1 aliphatic heterocycles. The molecule has 0 aliphatic carbocycles. The molecule has 74 valence electrons. The molecular formula is C8H14N2O2S. The van der Waals surface area contributed by atoms with E-state index in [4.69, 9.17) is 10.1 Å². The van der Waals surface area contributed by atoms with Crippen LogP contribution in [0.1, 0.15) is 20.8 Å². The molecule has 1 heterocycles. The van der Waals surface area contributed by atoms with E-state index in [9.17, 15) is 4.79 Å². The average molecular weight is 202 g/mol. The summed E-state index contributed by atoms with van der Waals surface area (Å²) in [5.74, 6) is 0.365. The van der Waals surface area contributed by atoms with Gasteiger partial charge in [0, 0.05) is 5.75 Å². The Kier molecular flexibility index (Phi) is 2.85. The van der Waals surface area contributed by atoms with E-state index in [0.29, 0.717) is 11.0 Å². The van der Waals surface area contributed by atoms with Crippen molar-refractivity contribution in [3.8, 4) is 0 Å². The van der Waals surface area contributed by atoms with Crippen LogP contribution in [0.25, 0.3) is 0 Å². The highest BCUT2D eigenvalue weighted by Gasteiger charge is 2.42. The predicted octanol–water partition coefficient (Wildman–Crippen LogP) is 0.968. The summed E-state index contributed by atoms with van der Waals surface area (Å²) in [7, 11) is 0. The molecule has 0 radical (unpaired) electrons. The van der Waals surface area contributed by atoms with Crippen molar-refractivity contribution in [1.29, 1.82) is 5.41 Å². The molecular weight excluding hydrogens is 188 g/mol. The normalized spacial score (nSPS) is 27.7. The van der Waals surface area contributed by atoms with Gasteiger partial charge in [0.25, 0.3) is 11.9 Å². The zero-order valence-corrected chi connectivity index (χ0v) is 8.83. The highest BCUT2D eigenvalue weighted by molar-refractivity contribution is 7.99. The number of thioether (sulfide) groups is 1. The minimum absolute atomic E-state index is 0.142. The van der Waals surface area contributed by atoms with Crippen LogP contribution in [-0.4, -0.2) is 28.5 Å². The number of amides is 1. The number of carbonyl (C=O) groups is 1. The number of hydrogen-bond acceptors (Lipinski definition) is 4. The minimum atomic E-state index is -0.855. The maximum atomic E-state index is 11.3.